The summed E-state index contributed by atoms with van der Waals surface area (Å²) >= 11 is 0. The molecule has 0 aliphatic heterocycles. The number of benzene rings is 2. The van der Waals surface area contributed by atoms with Crippen LogP contribution in [0.3, 0.4) is 0 Å². The largest absolute Gasteiger partial charge is 0.481 e. The fourth-order valence-electron chi connectivity index (χ4n) is 2.84. The molecule has 3 nitrogen and oxygen atoms in total. The third-order valence-electron chi connectivity index (χ3n) is 4.14. The van der Waals surface area contributed by atoms with Gasteiger partial charge in [0.15, 0.2) is 0 Å². The second-order valence-electron chi connectivity index (χ2n) is 6.86. The molecule has 128 valence electrons. The van der Waals surface area contributed by atoms with Crippen molar-refractivity contribution in [1.29, 1.82) is 0 Å². The van der Waals surface area contributed by atoms with Crippen LogP contribution >= 0.6 is 0 Å². The maximum absolute atomic E-state index is 11.3. The van der Waals surface area contributed by atoms with Crippen molar-refractivity contribution in [2.24, 2.45) is 11.8 Å². The quantitative estimate of drug-likeness (QED) is 0.751. The number of aryl methyl sites for hydroxylation is 1. The summed E-state index contributed by atoms with van der Waals surface area (Å²) in [4.78, 5) is 11.3. The molecule has 2 rings (SSSR count). The third kappa shape index (κ3) is 5.50. The number of aliphatic carboxylic acids is 1. The van der Waals surface area contributed by atoms with Gasteiger partial charge >= 0.3 is 5.97 Å². The Labute approximate surface area is 144 Å². The molecule has 2 aromatic carbocycles. The van der Waals surface area contributed by atoms with Crippen molar-refractivity contribution < 1.29 is 9.90 Å². The molecular formula is C21H27NO2. The van der Waals surface area contributed by atoms with Crippen molar-refractivity contribution in [3.05, 3.63) is 59.7 Å². The zero-order valence-electron chi connectivity index (χ0n) is 14.8. The molecule has 0 fully saturated rings. The van der Waals surface area contributed by atoms with Gasteiger partial charge in [-0.3, -0.25) is 4.79 Å². The molecule has 0 aliphatic rings. The lowest BCUT2D eigenvalue weighted by Crippen LogP contribution is -2.29. The Morgan fingerprint density at radius 1 is 1.08 bits per heavy atom. The second kappa shape index (κ2) is 8.65. The number of rotatable bonds is 8. The SMILES string of the molecule is Cc1ccc(-c2cccc(CNCC(CC(C)C)C(=O)O)c2)cc1. The van der Waals surface area contributed by atoms with E-state index in [0.717, 1.165) is 0 Å². The third-order valence-corrected chi connectivity index (χ3v) is 4.14. The smallest absolute Gasteiger partial charge is 0.307 e. The van der Waals surface area contributed by atoms with Gasteiger partial charge in [0.25, 0.3) is 0 Å². The van der Waals surface area contributed by atoms with Gasteiger partial charge in [-0.2, -0.15) is 0 Å². The van der Waals surface area contributed by atoms with E-state index in [-0.39, 0.29) is 5.92 Å². The van der Waals surface area contributed by atoms with E-state index in [9.17, 15) is 9.90 Å². The molecule has 2 N–H and O–H groups in total. The van der Waals surface area contributed by atoms with Crippen LogP contribution in [-0.4, -0.2) is 17.6 Å². The Kier molecular flexibility index (Phi) is 6.56. The molecule has 0 spiro atoms. The van der Waals surface area contributed by atoms with Gasteiger partial charge in [0.1, 0.15) is 0 Å². The molecule has 2 aromatic rings. The number of carboxylic acids is 1. The highest BCUT2D eigenvalue weighted by Crippen LogP contribution is 2.21. The Balaban J connectivity index is 1.97. The summed E-state index contributed by atoms with van der Waals surface area (Å²) in [7, 11) is 0. The Hall–Kier alpha value is -2.13. The highest BCUT2D eigenvalue weighted by Gasteiger charge is 2.18. The lowest BCUT2D eigenvalue weighted by Gasteiger charge is -2.15. The Morgan fingerprint density at radius 3 is 2.42 bits per heavy atom. The van der Waals surface area contributed by atoms with E-state index in [1.54, 1.807) is 0 Å². The number of carboxylic acid groups (broad SMARTS) is 1. The highest BCUT2D eigenvalue weighted by atomic mass is 16.4. The van der Waals surface area contributed by atoms with Gasteiger partial charge in [0.2, 0.25) is 0 Å². The first-order chi connectivity index (χ1) is 11.5. The zero-order valence-corrected chi connectivity index (χ0v) is 14.8. The van der Waals surface area contributed by atoms with Crippen LogP contribution in [-0.2, 0) is 11.3 Å². The van der Waals surface area contributed by atoms with Crippen LogP contribution in [0.5, 0.6) is 0 Å². The van der Waals surface area contributed by atoms with Gasteiger partial charge in [0, 0.05) is 13.1 Å². The van der Waals surface area contributed by atoms with Crippen LogP contribution in [0.4, 0.5) is 0 Å². The Bertz CT molecular complexity index is 662. The standard InChI is InChI=1S/C21H27NO2/c1-15(2)11-20(21(23)24)14-22-13-17-5-4-6-19(12-17)18-9-7-16(3)8-10-18/h4-10,12,15,20,22H,11,13-14H2,1-3H3,(H,23,24). The van der Waals surface area contributed by atoms with Gasteiger partial charge in [-0.15, -0.1) is 0 Å². The van der Waals surface area contributed by atoms with Gasteiger partial charge in [-0.25, -0.2) is 0 Å². The average Bonchev–Trinajstić information content (AvgIpc) is 2.54. The molecule has 0 radical (unpaired) electrons. The van der Waals surface area contributed by atoms with Crippen molar-refractivity contribution in [3.63, 3.8) is 0 Å². The minimum absolute atomic E-state index is 0.328. The van der Waals surface area contributed by atoms with Crippen LogP contribution in [0.25, 0.3) is 11.1 Å². The average molecular weight is 325 g/mol. The van der Waals surface area contributed by atoms with Crippen molar-refractivity contribution >= 4 is 5.97 Å². The number of nitrogens with one attached hydrogen (secondary N) is 1. The van der Waals surface area contributed by atoms with Gasteiger partial charge < -0.3 is 10.4 Å². The monoisotopic (exact) mass is 325 g/mol. The first-order valence-electron chi connectivity index (χ1n) is 8.55. The Morgan fingerprint density at radius 2 is 1.79 bits per heavy atom. The molecule has 0 aromatic heterocycles. The topological polar surface area (TPSA) is 49.3 Å². The van der Waals surface area contributed by atoms with Crippen molar-refractivity contribution in [3.8, 4) is 11.1 Å². The van der Waals surface area contributed by atoms with Gasteiger partial charge in [-0.1, -0.05) is 61.9 Å². The van der Waals surface area contributed by atoms with E-state index in [4.69, 9.17) is 0 Å². The van der Waals surface area contributed by atoms with E-state index in [2.05, 4.69) is 74.6 Å². The van der Waals surface area contributed by atoms with Crippen LogP contribution in [0.1, 0.15) is 31.4 Å². The first-order valence-corrected chi connectivity index (χ1v) is 8.55. The summed E-state index contributed by atoms with van der Waals surface area (Å²) < 4.78 is 0. The maximum Gasteiger partial charge on any atom is 0.307 e. The van der Waals surface area contributed by atoms with E-state index in [1.165, 1.54) is 22.3 Å². The van der Waals surface area contributed by atoms with Crippen LogP contribution in [0.15, 0.2) is 48.5 Å². The second-order valence-corrected chi connectivity index (χ2v) is 6.86. The highest BCUT2D eigenvalue weighted by molar-refractivity contribution is 5.70. The molecule has 1 unspecified atom stereocenters. The molecule has 0 saturated carbocycles. The van der Waals surface area contributed by atoms with E-state index in [1.807, 2.05) is 0 Å². The molecule has 0 saturated heterocycles. The van der Waals surface area contributed by atoms with Crippen LogP contribution in [0.2, 0.25) is 0 Å². The van der Waals surface area contributed by atoms with Crippen LogP contribution < -0.4 is 5.32 Å². The number of hydrogen-bond donors (Lipinski definition) is 2. The lowest BCUT2D eigenvalue weighted by molar-refractivity contribution is -0.142. The maximum atomic E-state index is 11.3. The minimum Gasteiger partial charge on any atom is -0.481 e. The van der Waals surface area contributed by atoms with Crippen molar-refractivity contribution in [1.82, 2.24) is 5.32 Å². The molecule has 0 heterocycles. The molecule has 24 heavy (non-hydrogen) atoms. The van der Waals surface area contributed by atoms with E-state index < -0.39 is 5.97 Å². The lowest BCUT2D eigenvalue weighted by atomic mass is 9.97. The molecule has 1 atom stereocenters. The van der Waals surface area contributed by atoms with Gasteiger partial charge in [-0.05, 0) is 42.0 Å². The summed E-state index contributed by atoms with van der Waals surface area (Å²) in [6.07, 6.45) is 0.700. The molecule has 0 bridgehead atoms. The van der Waals surface area contributed by atoms with E-state index in [0.29, 0.717) is 25.4 Å². The molecule has 0 aliphatic carbocycles. The fourth-order valence-corrected chi connectivity index (χ4v) is 2.84. The van der Waals surface area contributed by atoms with E-state index >= 15 is 0 Å². The molecular weight excluding hydrogens is 298 g/mol. The predicted octanol–water partition coefficient (Wildman–Crippen LogP) is 4.50. The minimum atomic E-state index is -0.718. The summed E-state index contributed by atoms with van der Waals surface area (Å²) in [5.41, 5.74) is 4.81. The fraction of sp³-hybridized carbons (Fsp3) is 0.381. The predicted molar refractivity (Wildman–Crippen MR) is 98.9 cm³/mol. The zero-order chi connectivity index (χ0) is 17.5. The summed E-state index contributed by atoms with van der Waals surface area (Å²) in [6, 6.07) is 16.9. The molecule has 3 heteroatoms. The summed E-state index contributed by atoms with van der Waals surface area (Å²) in [6.45, 7) is 7.38. The molecule has 0 amide bonds. The normalized spacial score (nSPS) is 12.3. The van der Waals surface area contributed by atoms with Crippen LogP contribution in [0, 0.1) is 18.8 Å². The summed E-state index contributed by atoms with van der Waals surface area (Å²) in [5.74, 6) is -0.660. The number of carbonyl (C=O) groups is 1. The van der Waals surface area contributed by atoms with Crippen molar-refractivity contribution in [2.75, 3.05) is 6.54 Å². The van der Waals surface area contributed by atoms with Crippen molar-refractivity contribution in [2.45, 2.75) is 33.7 Å². The van der Waals surface area contributed by atoms with Gasteiger partial charge in [0.05, 0.1) is 5.92 Å². The summed E-state index contributed by atoms with van der Waals surface area (Å²) in [5, 5.41) is 12.6. The number of hydrogen-bond acceptors (Lipinski definition) is 2. The first kappa shape index (κ1) is 18.2.